The Bertz CT molecular complexity index is 1740. The van der Waals surface area contributed by atoms with Gasteiger partial charge in [0.15, 0.2) is 11.5 Å². The summed E-state index contributed by atoms with van der Waals surface area (Å²) in [4.78, 5) is 38.5. The van der Waals surface area contributed by atoms with Crippen molar-refractivity contribution < 1.29 is 23.0 Å². The third-order valence-electron chi connectivity index (χ3n) is 5.91. The smallest absolute Gasteiger partial charge is 0.315 e. The molecule has 0 saturated heterocycles. The lowest BCUT2D eigenvalue weighted by Crippen LogP contribution is -2.24. The van der Waals surface area contributed by atoms with E-state index in [1.807, 2.05) is 20.8 Å². The number of nitro groups is 1. The van der Waals surface area contributed by atoms with Gasteiger partial charge in [0, 0.05) is 29.3 Å². The largest absolute Gasteiger partial charge is 0.344 e. The summed E-state index contributed by atoms with van der Waals surface area (Å²) in [6.07, 6.45) is 1.46. The molecule has 0 unspecified atom stereocenters. The van der Waals surface area contributed by atoms with Gasteiger partial charge in [0.2, 0.25) is 5.82 Å². The van der Waals surface area contributed by atoms with Gasteiger partial charge in [-0.15, -0.1) is 0 Å². The molecule has 0 radical (unpaired) electrons. The van der Waals surface area contributed by atoms with Crippen LogP contribution in [0.5, 0.6) is 0 Å². The average molecular weight is 533 g/mol. The summed E-state index contributed by atoms with van der Waals surface area (Å²) in [7, 11) is 0. The van der Waals surface area contributed by atoms with Crippen LogP contribution in [0.3, 0.4) is 0 Å². The van der Waals surface area contributed by atoms with Gasteiger partial charge in [-0.1, -0.05) is 44.1 Å². The number of hydrogen-bond acceptors (Lipinski definition) is 8. The number of nitro benzene ring substituents is 1. The highest BCUT2D eigenvalue weighted by Crippen LogP contribution is 2.34. The van der Waals surface area contributed by atoms with Crippen LogP contribution in [0, 0.1) is 21.7 Å². The Kier molecular flexibility index (Phi) is 6.34. The van der Waals surface area contributed by atoms with Crippen LogP contribution in [0.25, 0.3) is 33.7 Å². The van der Waals surface area contributed by atoms with E-state index in [2.05, 4.69) is 30.4 Å². The van der Waals surface area contributed by atoms with Gasteiger partial charge in [-0.2, -0.15) is 9.37 Å². The Morgan fingerprint density at radius 1 is 1.10 bits per heavy atom. The zero-order valence-corrected chi connectivity index (χ0v) is 21.0. The van der Waals surface area contributed by atoms with Crippen molar-refractivity contribution in [1.82, 2.24) is 30.4 Å². The third kappa shape index (κ3) is 4.93. The predicted octanol–water partition coefficient (Wildman–Crippen LogP) is 5.09. The Morgan fingerprint density at radius 3 is 2.59 bits per heavy atom. The number of amides is 1. The van der Waals surface area contributed by atoms with Crippen molar-refractivity contribution in [2.75, 3.05) is 0 Å². The highest BCUT2D eigenvalue weighted by molar-refractivity contribution is 5.92. The minimum atomic E-state index is -0.996. The Hall–Kier alpha value is -5.07. The molecular formula is C26H21F2N7O4. The van der Waals surface area contributed by atoms with Crippen molar-refractivity contribution in [3.63, 3.8) is 0 Å². The highest BCUT2D eigenvalue weighted by atomic mass is 19.1. The van der Waals surface area contributed by atoms with Gasteiger partial charge in [-0.3, -0.25) is 14.9 Å². The fourth-order valence-electron chi connectivity index (χ4n) is 3.90. The van der Waals surface area contributed by atoms with Gasteiger partial charge in [0.25, 0.3) is 0 Å². The van der Waals surface area contributed by atoms with Crippen molar-refractivity contribution in [1.29, 1.82) is 0 Å². The molecule has 2 aromatic carbocycles. The van der Waals surface area contributed by atoms with E-state index in [1.54, 1.807) is 12.1 Å². The van der Waals surface area contributed by atoms with Crippen LogP contribution in [0.1, 0.15) is 42.8 Å². The van der Waals surface area contributed by atoms with E-state index < -0.39 is 33.6 Å². The molecule has 0 fully saturated rings. The van der Waals surface area contributed by atoms with E-state index in [0.717, 1.165) is 6.07 Å². The number of carbonyl (C=O) groups excluding carboxylic acids is 1. The number of aromatic nitrogens is 5. The fraction of sp³-hybridized carbons (Fsp3) is 0.192. The standard InChI is InChI=1S/C26H21F2N7O4/c1-26(2,3)25-33-24(39-34-25)23(36)30-12-14-8-7-13(11-18(14)28)15-9-10-29-22-19(15)31-21(32-22)16-5-4-6-17(27)20(16)35(37)38/h4-11H,12H2,1-3H3,(H,30,36)(H,29,31,32). The van der Waals surface area contributed by atoms with E-state index >= 15 is 4.39 Å². The van der Waals surface area contributed by atoms with Gasteiger partial charge >= 0.3 is 17.5 Å². The number of rotatable bonds is 6. The van der Waals surface area contributed by atoms with E-state index in [-0.39, 0.29) is 35.0 Å². The molecule has 0 aliphatic heterocycles. The molecule has 13 heteroatoms. The third-order valence-corrected chi connectivity index (χ3v) is 5.91. The fourth-order valence-corrected chi connectivity index (χ4v) is 3.90. The molecule has 1 amide bonds. The molecule has 5 aromatic rings. The van der Waals surface area contributed by atoms with Crippen molar-refractivity contribution in [2.24, 2.45) is 0 Å². The number of hydrogen-bond donors (Lipinski definition) is 2. The first-order chi connectivity index (χ1) is 18.5. The number of pyridine rings is 1. The number of H-pyrrole nitrogens is 1. The number of carbonyl (C=O) groups is 1. The summed E-state index contributed by atoms with van der Waals surface area (Å²) in [5.74, 6) is -2.00. The number of para-hydroxylation sites is 1. The van der Waals surface area contributed by atoms with Gasteiger partial charge in [0.1, 0.15) is 11.6 Å². The second-order valence-corrected chi connectivity index (χ2v) is 9.70. The minimum Gasteiger partial charge on any atom is -0.344 e. The molecule has 0 saturated carbocycles. The molecular weight excluding hydrogens is 512 g/mol. The maximum Gasteiger partial charge on any atom is 0.315 e. The van der Waals surface area contributed by atoms with E-state index in [1.165, 1.54) is 30.5 Å². The molecule has 11 nitrogen and oxygen atoms in total. The normalized spacial score (nSPS) is 11.6. The van der Waals surface area contributed by atoms with Gasteiger partial charge < -0.3 is 14.8 Å². The zero-order chi connectivity index (χ0) is 27.9. The molecule has 2 N–H and O–H groups in total. The highest BCUT2D eigenvalue weighted by Gasteiger charge is 2.25. The second-order valence-electron chi connectivity index (χ2n) is 9.70. The average Bonchev–Trinajstić information content (AvgIpc) is 3.55. The first-order valence-electron chi connectivity index (χ1n) is 11.7. The SMILES string of the molecule is CC(C)(C)c1noc(C(=O)NCc2ccc(-c3ccnc4nc(-c5cccc(F)c5[N+](=O)[O-])[nH]c34)cc2F)n1. The quantitative estimate of drug-likeness (QED) is 0.226. The molecule has 3 heterocycles. The van der Waals surface area contributed by atoms with Crippen molar-refractivity contribution >= 4 is 22.8 Å². The predicted molar refractivity (Wildman–Crippen MR) is 135 cm³/mol. The molecule has 39 heavy (non-hydrogen) atoms. The van der Waals surface area contributed by atoms with Gasteiger partial charge in [-0.05, 0) is 29.8 Å². The molecule has 0 aliphatic carbocycles. The molecule has 5 rings (SSSR count). The van der Waals surface area contributed by atoms with Crippen LogP contribution in [-0.2, 0) is 12.0 Å². The van der Waals surface area contributed by atoms with Crippen LogP contribution < -0.4 is 5.32 Å². The maximum atomic E-state index is 15.0. The first kappa shape index (κ1) is 25.6. The van der Waals surface area contributed by atoms with Crippen molar-refractivity contribution in [3.8, 4) is 22.5 Å². The zero-order valence-electron chi connectivity index (χ0n) is 21.0. The van der Waals surface area contributed by atoms with Crippen LogP contribution in [-0.4, -0.2) is 35.9 Å². The molecule has 3 aromatic heterocycles. The monoisotopic (exact) mass is 533 g/mol. The van der Waals surface area contributed by atoms with Gasteiger partial charge in [-0.25, -0.2) is 14.4 Å². The van der Waals surface area contributed by atoms with Crippen LogP contribution in [0.15, 0.2) is 53.2 Å². The maximum absolute atomic E-state index is 15.0. The summed E-state index contributed by atoms with van der Waals surface area (Å²) < 4.78 is 34.2. The second kappa shape index (κ2) is 9.67. The number of nitrogens with one attached hydrogen (secondary N) is 2. The molecule has 0 aliphatic rings. The number of imidazole rings is 1. The van der Waals surface area contributed by atoms with Crippen LogP contribution >= 0.6 is 0 Å². The Labute approximate surface area is 219 Å². The first-order valence-corrected chi connectivity index (χ1v) is 11.7. The molecule has 0 atom stereocenters. The molecule has 0 bridgehead atoms. The summed E-state index contributed by atoms with van der Waals surface area (Å²) >= 11 is 0. The van der Waals surface area contributed by atoms with Crippen LogP contribution in [0.4, 0.5) is 14.5 Å². The number of aromatic amines is 1. The summed E-state index contributed by atoms with van der Waals surface area (Å²) in [5.41, 5.74) is 0.642. The summed E-state index contributed by atoms with van der Waals surface area (Å²) in [6.45, 7) is 5.51. The number of benzene rings is 2. The summed E-state index contributed by atoms with van der Waals surface area (Å²) in [6, 6.07) is 9.78. The van der Waals surface area contributed by atoms with E-state index in [4.69, 9.17) is 4.52 Å². The lowest BCUT2D eigenvalue weighted by molar-refractivity contribution is -0.386. The Morgan fingerprint density at radius 2 is 1.90 bits per heavy atom. The number of halogens is 2. The lowest BCUT2D eigenvalue weighted by atomic mass is 9.96. The van der Waals surface area contributed by atoms with Crippen molar-refractivity contribution in [3.05, 3.63) is 87.7 Å². The molecule has 198 valence electrons. The summed E-state index contributed by atoms with van der Waals surface area (Å²) in [5, 5.41) is 17.8. The van der Waals surface area contributed by atoms with Gasteiger partial charge in [0.05, 0.1) is 16.0 Å². The number of fused-ring (bicyclic) bond motifs is 1. The van der Waals surface area contributed by atoms with E-state index in [0.29, 0.717) is 22.5 Å². The van der Waals surface area contributed by atoms with Crippen molar-refractivity contribution in [2.45, 2.75) is 32.7 Å². The van der Waals surface area contributed by atoms with E-state index in [9.17, 15) is 19.3 Å². The Balaban J connectivity index is 1.40. The minimum absolute atomic E-state index is 0.0444. The lowest BCUT2D eigenvalue weighted by Gasteiger charge is -2.10. The molecule has 0 spiro atoms. The topological polar surface area (TPSA) is 153 Å². The van der Waals surface area contributed by atoms with Crippen LogP contribution in [0.2, 0.25) is 0 Å². The number of nitrogens with zero attached hydrogens (tertiary/aromatic N) is 5.